The molecule has 1 aromatic heterocycles. The van der Waals surface area contributed by atoms with Crippen LogP contribution in [0.4, 0.5) is 0 Å². The Labute approximate surface area is 158 Å². The Bertz CT molecular complexity index is 842. The summed E-state index contributed by atoms with van der Waals surface area (Å²) in [7, 11) is -3.40. The number of benzene rings is 1. The third-order valence-corrected chi connectivity index (χ3v) is 7.80. The Kier molecular flexibility index (Phi) is 6.08. The minimum absolute atomic E-state index is 0.0391. The lowest BCUT2D eigenvalue weighted by Gasteiger charge is -2.33. The number of aryl methyl sites for hydroxylation is 1. The Hall–Kier alpha value is -1.74. The number of hydrogen-bond donors (Lipinski definition) is 1. The third kappa shape index (κ3) is 4.50. The van der Waals surface area contributed by atoms with Crippen LogP contribution in [-0.4, -0.2) is 56.3 Å². The van der Waals surface area contributed by atoms with Crippen LogP contribution in [0.5, 0.6) is 0 Å². The molecule has 0 spiro atoms. The molecule has 0 atom stereocenters. The fraction of sp³-hybridized carbons (Fsp3) is 0.389. The van der Waals surface area contributed by atoms with E-state index in [1.807, 2.05) is 36.1 Å². The highest BCUT2D eigenvalue weighted by atomic mass is 32.2. The van der Waals surface area contributed by atoms with E-state index in [0.717, 1.165) is 11.1 Å². The maximum Gasteiger partial charge on any atom is 0.252 e. The third-order valence-electron chi connectivity index (χ3n) is 4.52. The predicted molar refractivity (Wildman–Crippen MR) is 103 cm³/mol. The van der Waals surface area contributed by atoms with Crippen molar-refractivity contribution >= 4 is 27.3 Å². The van der Waals surface area contributed by atoms with Crippen LogP contribution in [0.2, 0.25) is 0 Å². The summed E-state index contributed by atoms with van der Waals surface area (Å²) in [5, 5.41) is 4.71. The second kappa shape index (κ2) is 8.30. The van der Waals surface area contributed by atoms with Gasteiger partial charge in [-0.25, -0.2) is 8.42 Å². The molecule has 0 radical (unpaired) electrons. The van der Waals surface area contributed by atoms with Crippen molar-refractivity contribution in [2.45, 2.75) is 17.7 Å². The molecule has 26 heavy (non-hydrogen) atoms. The van der Waals surface area contributed by atoms with Gasteiger partial charge < -0.3 is 5.32 Å². The van der Waals surface area contributed by atoms with Crippen LogP contribution < -0.4 is 5.32 Å². The van der Waals surface area contributed by atoms with Gasteiger partial charge in [0.15, 0.2) is 0 Å². The quantitative estimate of drug-likeness (QED) is 0.811. The van der Waals surface area contributed by atoms with Gasteiger partial charge in [0, 0.05) is 32.7 Å². The number of rotatable bonds is 6. The monoisotopic (exact) mass is 393 g/mol. The van der Waals surface area contributed by atoms with Crippen molar-refractivity contribution < 1.29 is 13.2 Å². The summed E-state index contributed by atoms with van der Waals surface area (Å²) in [5.74, 6) is -0.0391. The second-order valence-electron chi connectivity index (χ2n) is 6.32. The molecule has 1 aliphatic rings. The van der Waals surface area contributed by atoms with Gasteiger partial charge in [-0.3, -0.25) is 9.69 Å². The number of hydrogen-bond acceptors (Lipinski definition) is 5. The lowest BCUT2D eigenvalue weighted by atomic mass is 10.1. The van der Waals surface area contributed by atoms with Crippen molar-refractivity contribution in [2.24, 2.45) is 0 Å². The normalized spacial score (nSPS) is 16.5. The number of piperazine rings is 1. The van der Waals surface area contributed by atoms with E-state index in [1.165, 1.54) is 15.6 Å². The molecule has 140 valence electrons. The Morgan fingerprint density at radius 3 is 2.50 bits per heavy atom. The summed E-state index contributed by atoms with van der Waals surface area (Å²) in [5.41, 5.74) is 2.26. The van der Waals surface area contributed by atoms with E-state index >= 15 is 0 Å². The zero-order valence-corrected chi connectivity index (χ0v) is 16.4. The molecule has 6 nitrogen and oxygen atoms in total. The van der Waals surface area contributed by atoms with Crippen molar-refractivity contribution in [3.05, 3.63) is 52.9 Å². The largest absolute Gasteiger partial charge is 0.351 e. The summed E-state index contributed by atoms with van der Waals surface area (Å²) < 4.78 is 26.9. The van der Waals surface area contributed by atoms with Gasteiger partial charge in [0.25, 0.3) is 10.0 Å². The number of sulfonamides is 1. The maximum absolute atomic E-state index is 12.5. The van der Waals surface area contributed by atoms with Crippen molar-refractivity contribution in [2.75, 3.05) is 32.7 Å². The van der Waals surface area contributed by atoms with E-state index in [1.54, 1.807) is 17.5 Å². The molecule has 1 saturated heterocycles. The molecule has 3 rings (SSSR count). The van der Waals surface area contributed by atoms with E-state index < -0.39 is 10.0 Å². The highest BCUT2D eigenvalue weighted by molar-refractivity contribution is 7.91. The number of nitrogens with one attached hydrogen (secondary N) is 1. The second-order valence-corrected chi connectivity index (χ2v) is 9.43. The molecule has 0 unspecified atom stereocenters. The molecule has 1 fully saturated rings. The van der Waals surface area contributed by atoms with Crippen molar-refractivity contribution in [1.82, 2.24) is 14.5 Å². The number of amides is 1. The van der Waals surface area contributed by atoms with E-state index in [2.05, 4.69) is 5.32 Å². The fourth-order valence-corrected chi connectivity index (χ4v) is 5.49. The smallest absolute Gasteiger partial charge is 0.252 e. The minimum Gasteiger partial charge on any atom is -0.351 e. The van der Waals surface area contributed by atoms with E-state index in [-0.39, 0.29) is 5.91 Å². The first kappa shape index (κ1) is 19.0. The molecule has 0 aliphatic carbocycles. The molecule has 0 saturated carbocycles. The lowest BCUT2D eigenvalue weighted by Crippen LogP contribution is -2.50. The average molecular weight is 394 g/mol. The number of carbonyl (C=O) groups is 1. The molecule has 2 heterocycles. The molecule has 1 N–H and O–H groups in total. The van der Waals surface area contributed by atoms with Crippen LogP contribution >= 0.6 is 11.3 Å². The molecule has 1 amide bonds. The lowest BCUT2D eigenvalue weighted by molar-refractivity contribution is -0.122. The molecule has 2 aromatic rings. The highest BCUT2D eigenvalue weighted by Gasteiger charge is 2.29. The van der Waals surface area contributed by atoms with Crippen molar-refractivity contribution in [3.63, 3.8) is 0 Å². The zero-order chi connectivity index (χ0) is 18.6. The summed E-state index contributed by atoms with van der Waals surface area (Å²) in [6.45, 7) is 4.76. The Morgan fingerprint density at radius 1 is 1.12 bits per heavy atom. The first-order valence-electron chi connectivity index (χ1n) is 8.54. The van der Waals surface area contributed by atoms with Crippen molar-refractivity contribution in [1.29, 1.82) is 0 Å². The van der Waals surface area contributed by atoms with Gasteiger partial charge in [0.2, 0.25) is 5.91 Å². The Balaban J connectivity index is 1.47. The maximum atomic E-state index is 12.5. The van der Waals surface area contributed by atoms with Crippen LogP contribution in [0.1, 0.15) is 11.1 Å². The van der Waals surface area contributed by atoms with E-state index in [0.29, 0.717) is 43.5 Å². The number of carbonyl (C=O) groups excluding carboxylic acids is 1. The van der Waals surface area contributed by atoms with Gasteiger partial charge in [0.05, 0.1) is 6.54 Å². The van der Waals surface area contributed by atoms with Gasteiger partial charge in [-0.2, -0.15) is 4.31 Å². The topological polar surface area (TPSA) is 69.7 Å². The number of thiophene rings is 1. The Morgan fingerprint density at radius 2 is 1.85 bits per heavy atom. The van der Waals surface area contributed by atoms with Gasteiger partial charge in [-0.1, -0.05) is 30.3 Å². The molecule has 0 bridgehead atoms. The first-order valence-corrected chi connectivity index (χ1v) is 10.9. The van der Waals surface area contributed by atoms with Crippen LogP contribution in [0.3, 0.4) is 0 Å². The molecule has 1 aromatic carbocycles. The molecular formula is C18H23N3O3S2. The average Bonchev–Trinajstić information content (AvgIpc) is 3.17. The molecule has 8 heteroatoms. The van der Waals surface area contributed by atoms with Crippen LogP contribution in [0.15, 0.2) is 46.0 Å². The summed E-state index contributed by atoms with van der Waals surface area (Å²) in [6.07, 6.45) is 0. The predicted octanol–water partition coefficient (Wildman–Crippen LogP) is 1.68. The van der Waals surface area contributed by atoms with E-state index in [9.17, 15) is 13.2 Å². The molecular weight excluding hydrogens is 370 g/mol. The summed E-state index contributed by atoms with van der Waals surface area (Å²) in [4.78, 5) is 14.2. The van der Waals surface area contributed by atoms with Gasteiger partial charge >= 0.3 is 0 Å². The number of nitrogens with zero attached hydrogens (tertiary/aromatic N) is 2. The van der Waals surface area contributed by atoms with Gasteiger partial charge in [-0.15, -0.1) is 11.3 Å². The highest BCUT2D eigenvalue weighted by Crippen LogP contribution is 2.21. The first-order chi connectivity index (χ1) is 12.5. The van der Waals surface area contributed by atoms with Crippen LogP contribution in [0.25, 0.3) is 0 Å². The SMILES string of the molecule is Cc1ccccc1CNC(=O)CN1CCN(S(=O)(=O)c2cccs2)CC1. The zero-order valence-electron chi connectivity index (χ0n) is 14.7. The standard InChI is InChI=1S/C18H23N3O3S2/c1-15-5-2-3-6-16(15)13-19-17(22)14-20-8-10-21(11-9-20)26(23,24)18-7-4-12-25-18/h2-7,12H,8-11,13-14H2,1H3,(H,19,22). The summed E-state index contributed by atoms with van der Waals surface area (Å²) >= 11 is 1.23. The molecule has 1 aliphatic heterocycles. The summed E-state index contributed by atoms with van der Waals surface area (Å²) in [6, 6.07) is 11.3. The van der Waals surface area contributed by atoms with Gasteiger partial charge in [0.1, 0.15) is 4.21 Å². The minimum atomic E-state index is -3.40. The van der Waals surface area contributed by atoms with Crippen LogP contribution in [-0.2, 0) is 21.4 Å². The van der Waals surface area contributed by atoms with Gasteiger partial charge in [-0.05, 0) is 29.5 Å². The van der Waals surface area contributed by atoms with Crippen molar-refractivity contribution in [3.8, 4) is 0 Å². The van der Waals surface area contributed by atoms with Crippen LogP contribution in [0, 0.1) is 6.92 Å². The van der Waals surface area contributed by atoms with E-state index in [4.69, 9.17) is 0 Å². The fourth-order valence-electron chi connectivity index (χ4n) is 2.93.